The predicted octanol–water partition coefficient (Wildman–Crippen LogP) is 0.236. The molecule has 1 aliphatic rings. The molecule has 5 N–H and O–H groups in total. The fraction of sp³-hybridized carbons (Fsp3) is 0.571. The van der Waals surface area contributed by atoms with Crippen molar-refractivity contribution in [1.29, 1.82) is 0 Å². The molecule has 0 unspecified atom stereocenters. The molecule has 13 heteroatoms. The van der Waals surface area contributed by atoms with Gasteiger partial charge >= 0.3 is 10.3 Å². The molecule has 2 heterocycles. The van der Waals surface area contributed by atoms with E-state index >= 15 is 0 Å². The Hall–Kier alpha value is -2.00. The van der Waals surface area contributed by atoms with Gasteiger partial charge in [0.05, 0.1) is 12.6 Å². The molecule has 34 heavy (non-hydrogen) atoms. The molecule has 1 fully saturated rings. The molecule has 1 amide bonds. The number of amides is 1. The normalized spacial score (nSPS) is 23.8. The van der Waals surface area contributed by atoms with Crippen molar-refractivity contribution in [2.24, 2.45) is 11.7 Å². The van der Waals surface area contributed by atoms with Crippen LogP contribution in [0.4, 0.5) is 0 Å². The molecule has 0 radical (unpaired) electrons. The Balaban J connectivity index is 1.53. The van der Waals surface area contributed by atoms with Crippen LogP contribution in [0.25, 0.3) is 0 Å². The fourth-order valence-corrected chi connectivity index (χ4v) is 5.02. The molecular weight excluding hydrogens is 484 g/mol. The zero-order chi connectivity index (χ0) is 24.9. The highest BCUT2D eigenvalue weighted by atomic mass is 32.2. The first-order valence-corrected chi connectivity index (χ1v) is 13.1. The average Bonchev–Trinajstić information content (AvgIpc) is 3.36. The van der Waals surface area contributed by atoms with E-state index in [2.05, 4.69) is 9.36 Å². The Labute approximate surface area is 202 Å². The predicted molar refractivity (Wildman–Crippen MR) is 124 cm³/mol. The van der Waals surface area contributed by atoms with Crippen molar-refractivity contribution in [3.05, 3.63) is 46.7 Å². The average molecular weight is 515 g/mol. The van der Waals surface area contributed by atoms with Crippen molar-refractivity contribution in [3.63, 3.8) is 0 Å². The summed E-state index contributed by atoms with van der Waals surface area (Å²) >= 11 is 1.04. The van der Waals surface area contributed by atoms with Gasteiger partial charge in [-0.1, -0.05) is 44.2 Å². The van der Waals surface area contributed by atoms with Gasteiger partial charge in [0.25, 0.3) is 5.91 Å². The van der Waals surface area contributed by atoms with Gasteiger partial charge in [-0.15, -0.1) is 0 Å². The third kappa shape index (κ3) is 7.25. The summed E-state index contributed by atoms with van der Waals surface area (Å²) < 4.78 is 40.6. The summed E-state index contributed by atoms with van der Waals surface area (Å²) in [6.07, 6.45) is -3.27. The summed E-state index contributed by atoms with van der Waals surface area (Å²) in [6, 6.07) is 8.85. The van der Waals surface area contributed by atoms with Crippen LogP contribution >= 0.6 is 11.5 Å². The zero-order valence-corrected chi connectivity index (χ0v) is 20.5. The van der Waals surface area contributed by atoms with Crippen LogP contribution in [0.5, 0.6) is 0 Å². The number of aliphatic hydroxyl groups is 2. The van der Waals surface area contributed by atoms with E-state index in [1.54, 1.807) is 4.72 Å². The zero-order valence-electron chi connectivity index (χ0n) is 18.9. The monoisotopic (exact) mass is 514 g/mol. The molecule has 1 aliphatic heterocycles. The van der Waals surface area contributed by atoms with Crippen LogP contribution in [0, 0.1) is 5.92 Å². The summed E-state index contributed by atoms with van der Waals surface area (Å²) in [6.45, 7) is 3.09. The van der Waals surface area contributed by atoms with Crippen LogP contribution in [0.1, 0.15) is 42.8 Å². The van der Waals surface area contributed by atoms with E-state index in [9.17, 15) is 23.4 Å². The van der Waals surface area contributed by atoms with E-state index in [1.807, 2.05) is 44.2 Å². The standard InChI is InChI=1S/C21H30N4O7S2/c1-12(2)10-14(22)20(28)25-34(29,30)31-11-15-17(26)18(27)19(32-15)21-23-16(24-33-21)9-8-13-6-4-3-5-7-13/h3-7,12,14-15,17-19,26-27H,8-11,22H2,1-2H3,(H,25,28)/t14-,15+,17+,18+,19+/m0/s1. The Morgan fingerprint density at radius 2 is 1.94 bits per heavy atom. The number of hydrogen-bond donors (Lipinski definition) is 4. The lowest BCUT2D eigenvalue weighted by molar-refractivity contribution is -0.121. The molecule has 1 saturated heterocycles. The van der Waals surface area contributed by atoms with Crippen molar-refractivity contribution >= 4 is 27.7 Å². The van der Waals surface area contributed by atoms with Crippen molar-refractivity contribution in [1.82, 2.24) is 14.1 Å². The maximum absolute atomic E-state index is 12.1. The number of ether oxygens (including phenoxy) is 1. The number of carbonyl (C=O) groups is 1. The molecule has 0 bridgehead atoms. The highest BCUT2D eigenvalue weighted by molar-refractivity contribution is 7.85. The Bertz CT molecular complexity index is 1050. The minimum atomic E-state index is -4.48. The molecule has 3 rings (SSSR count). The number of aryl methyl sites for hydroxylation is 2. The maximum Gasteiger partial charge on any atom is 0.362 e. The van der Waals surface area contributed by atoms with Gasteiger partial charge in [0.15, 0.2) is 0 Å². The van der Waals surface area contributed by atoms with Gasteiger partial charge in [-0.3, -0.25) is 8.98 Å². The lowest BCUT2D eigenvalue weighted by atomic mass is 10.0. The first kappa shape index (κ1) is 26.6. The number of nitrogens with zero attached hydrogens (tertiary/aromatic N) is 2. The van der Waals surface area contributed by atoms with Crippen LogP contribution in [0.2, 0.25) is 0 Å². The lowest BCUT2D eigenvalue weighted by Crippen LogP contribution is -2.45. The Kier molecular flexibility index (Phi) is 9.09. The van der Waals surface area contributed by atoms with Crippen molar-refractivity contribution in [3.8, 4) is 0 Å². The summed E-state index contributed by atoms with van der Waals surface area (Å²) in [5.74, 6) is -0.211. The minimum Gasteiger partial charge on any atom is -0.387 e. The quantitative estimate of drug-likeness (QED) is 0.325. The van der Waals surface area contributed by atoms with E-state index in [1.165, 1.54) is 0 Å². The number of nitrogens with one attached hydrogen (secondary N) is 1. The van der Waals surface area contributed by atoms with Gasteiger partial charge in [0.1, 0.15) is 35.2 Å². The summed E-state index contributed by atoms with van der Waals surface area (Å²) in [5.41, 5.74) is 6.82. The second kappa shape index (κ2) is 11.6. The number of carbonyl (C=O) groups excluding carboxylic acids is 1. The SMILES string of the molecule is CC(C)C[C@H](N)C(=O)NS(=O)(=O)OC[C@H]1O[C@@H](c2nc(CCc3ccccc3)ns2)[C@H](O)[C@@H]1O. The van der Waals surface area contributed by atoms with E-state index in [0.717, 1.165) is 23.5 Å². The minimum absolute atomic E-state index is 0.101. The van der Waals surface area contributed by atoms with Crippen LogP contribution < -0.4 is 10.5 Å². The van der Waals surface area contributed by atoms with Crippen molar-refractivity contribution in [2.45, 2.75) is 63.6 Å². The van der Waals surface area contributed by atoms with Gasteiger partial charge in [0, 0.05) is 6.42 Å². The number of aliphatic hydroxyl groups excluding tert-OH is 2. The first-order chi connectivity index (χ1) is 16.1. The molecule has 5 atom stereocenters. The smallest absolute Gasteiger partial charge is 0.362 e. The van der Waals surface area contributed by atoms with Crippen LogP contribution in [0.3, 0.4) is 0 Å². The van der Waals surface area contributed by atoms with Gasteiger partial charge in [-0.05, 0) is 35.9 Å². The van der Waals surface area contributed by atoms with E-state index in [4.69, 9.17) is 14.7 Å². The third-order valence-electron chi connectivity index (χ3n) is 5.24. The van der Waals surface area contributed by atoms with Crippen molar-refractivity contribution in [2.75, 3.05) is 6.61 Å². The number of aromatic nitrogens is 2. The second-order valence-electron chi connectivity index (χ2n) is 8.55. The van der Waals surface area contributed by atoms with Crippen LogP contribution in [0.15, 0.2) is 30.3 Å². The van der Waals surface area contributed by atoms with E-state index in [-0.39, 0.29) is 5.92 Å². The molecular formula is C21H30N4O7S2. The van der Waals surface area contributed by atoms with Crippen LogP contribution in [-0.4, -0.2) is 64.9 Å². The number of benzene rings is 1. The third-order valence-corrected chi connectivity index (χ3v) is 6.96. The fourth-order valence-electron chi connectivity index (χ4n) is 3.48. The maximum atomic E-state index is 12.1. The summed E-state index contributed by atoms with van der Waals surface area (Å²) in [7, 11) is -4.48. The molecule has 0 saturated carbocycles. The van der Waals surface area contributed by atoms with Gasteiger partial charge in [-0.2, -0.15) is 12.8 Å². The first-order valence-electron chi connectivity index (χ1n) is 10.9. The molecule has 188 valence electrons. The summed E-state index contributed by atoms with van der Waals surface area (Å²) in [5, 5.41) is 21.1. The Morgan fingerprint density at radius 3 is 2.62 bits per heavy atom. The Morgan fingerprint density at radius 1 is 1.24 bits per heavy atom. The van der Waals surface area contributed by atoms with Crippen molar-refractivity contribution < 1.29 is 32.3 Å². The molecule has 1 aromatic carbocycles. The number of rotatable bonds is 11. The van der Waals surface area contributed by atoms with Crippen LogP contribution in [-0.2, 0) is 36.9 Å². The second-order valence-corrected chi connectivity index (χ2v) is 10.7. The number of hydrogen-bond acceptors (Lipinski definition) is 11. The molecule has 2 aromatic rings. The van der Waals surface area contributed by atoms with E-state index < -0.39 is 53.3 Å². The highest BCUT2D eigenvalue weighted by Gasteiger charge is 2.45. The topological polar surface area (TPSA) is 174 Å². The van der Waals surface area contributed by atoms with Gasteiger partial charge in [0.2, 0.25) is 0 Å². The molecule has 0 aliphatic carbocycles. The van der Waals surface area contributed by atoms with Gasteiger partial charge in [-0.25, -0.2) is 9.71 Å². The molecule has 0 spiro atoms. The lowest BCUT2D eigenvalue weighted by Gasteiger charge is -2.16. The van der Waals surface area contributed by atoms with Gasteiger partial charge < -0.3 is 20.7 Å². The summed E-state index contributed by atoms with van der Waals surface area (Å²) in [4.78, 5) is 16.4. The molecule has 11 nitrogen and oxygen atoms in total. The largest absolute Gasteiger partial charge is 0.387 e. The number of nitrogens with two attached hydrogens (primary N) is 1. The highest BCUT2D eigenvalue weighted by Crippen LogP contribution is 2.34. The van der Waals surface area contributed by atoms with E-state index in [0.29, 0.717) is 23.7 Å². The molecule has 1 aromatic heterocycles.